The van der Waals surface area contributed by atoms with Crippen LogP contribution in [0.15, 0.2) is 48.5 Å². The molecule has 140 valence electrons. The summed E-state index contributed by atoms with van der Waals surface area (Å²) in [4.78, 5) is 12.5. The normalized spacial score (nSPS) is 12.0. The largest absolute Gasteiger partial charge is 0.348 e. The minimum absolute atomic E-state index is 0.247. The van der Waals surface area contributed by atoms with Crippen molar-refractivity contribution in [3.05, 3.63) is 70.6 Å². The van der Waals surface area contributed by atoms with E-state index in [1.54, 1.807) is 48.1 Å². The number of nitrogens with one attached hydrogen (secondary N) is 1. The summed E-state index contributed by atoms with van der Waals surface area (Å²) in [5.41, 5.74) is 8.51. The average Bonchev–Trinajstić information content (AvgIpc) is 2.99. The Morgan fingerprint density at radius 3 is 2.63 bits per heavy atom. The molecule has 0 aliphatic carbocycles. The number of hydrogen-bond acceptors (Lipinski definition) is 4. The van der Waals surface area contributed by atoms with Crippen LogP contribution in [0, 0.1) is 5.82 Å². The zero-order valence-electron chi connectivity index (χ0n) is 14.7. The lowest BCUT2D eigenvalue weighted by Gasteiger charge is -2.17. The smallest absolute Gasteiger partial charge is 0.251 e. The fourth-order valence-corrected chi connectivity index (χ4v) is 3.09. The first-order chi connectivity index (χ1) is 13.0. The van der Waals surface area contributed by atoms with Gasteiger partial charge in [-0.2, -0.15) is 0 Å². The Balaban J connectivity index is 1.69. The predicted molar refractivity (Wildman–Crippen MR) is 102 cm³/mol. The van der Waals surface area contributed by atoms with Crippen LogP contribution in [-0.4, -0.2) is 33.5 Å². The summed E-state index contributed by atoms with van der Waals surface area (Å²) in [6.07, 6.45) is 0.453. The number of carbonyl (C=O) groups excluding carboxylic acids is 1. The van der Waals surface area contributed by atoms with Crippen LogP contribution in [0.3, 0.4) is 0 Å². The van der Waals surface area contributed by atoms with Gasteiger partial charge in [0.2, 0.25) is 0 Å². The van der Waals surface area contributed by atoms with Gasteiger partial charge < -0.3 is 11.1 Å². The summed E-state index contributed by atoms with van der Waals surface area (Å²) in [5, 5.41) is 10.9. The molecule has 0 aliphatic rings. The SMILES string of the molecule is Cn1nnc(Cl)c1-c1ccc(C(=O)N[C@H](CN)Cc2cccc(F)c2)cc1. The molecule has 3 aromatic rings. The van der Waals surface area contributed by atoms with E-state index in [9.17, 15) is 9.18 Å². The van der Waals surface area contributed by atoms with E-state index < -0.39 is 0 Å². The van der Waals surface area contributed by atoms with Gasteiger partial charge in [-0.25, -0.2) is 9.07 Å². The van der Waals surface area contributed by atoms with E-state index in [1.165, 1.54) is 12.1 Å². The van der Waals surface area contributed by atoms with E-state index >= 15 is 0 Å². The van der Waals surface area contributed by atoms with Gasteiger partial charge in [-0.3, -0.25) is 4.79 Å². The number of hydrogen-bond donors (Lipinski definition) is 2. The predicted octanol–water partition coefficient (Wildman–Crippen LogP) is 2.57. The minimum Gasteiger partial charge on any atom is -0.348 e. The maximum atomic E-state index is 13.3. The minimum atomic E-state index is -0.312. The third-order valence-electron chi connectivity index (χ3n) is 4.20. The molecule has 1 atom stereocenters. The molecule has 27 heavy (non-hydrogen) atoms. The van der Waals surface area contributed by atoms with Crippen molar-refractivity contribution in [2.45, 2.75) is 12.5 Å². The summed E-state index contributed by atoms with van der Waals surface area (Å²) in [7, 11) is 1.74. The van der Waals surface area contributed by atoms with E-state index in [-0.39, 0.29) is 24.3 Å². The molecule has 0 bridgehead atoms. The van der Waals surface area contributed by atoms with E-state index in [0.29, 0.717) is 22.8 Å². The molecule has 0 saturated heterocycles. The van der Waals surface area contributed by atoms with Gasteiger partial charge in [0, 0.05) is 30.8 Å². The van der Waals surface area contributed by atoms with Crippen LogP contribution in [0.2, 0.25) is 5.15 Å². The molecule has 0 fully saturated rings. The Kier molecular flexibility index (Phi) is 5.83. The van der Waals surface area contributed by atoms with Gasteiger partial charge in [-0.15, -0.1) is 5.10 Å². The molecule has 3 rings (SSSR count). The number of carbonyl (C=O) groups is 1. The highest BCUT2D eigenvalue weighted by Gasteiger charge is 2.15. The van der Waals surface area contributed by atoms with Crippen molar-refractivity contribution < 1.29 is 9.18 Å². The molecule has 6 nitrogen and oxygen atoms in total. The summed E-state index contributed by atoms with van der Waals surface area (Å²) in [6, 6.07) is 12.9. The Hall–Kier alpha value is -2.77. The van der Waals surface area contributed by atoms with E-state index in [0.717, 1.165) is 11.1 Å². The lowest BCUT2D eigenvalue weighted by atomic mass is 10.0. The summed E-state index contributed by atoms with van der Waals surface area (Å²) in [5.74, 6) is -0.559. The van der Waals surface area contributed by atoms with Crippen LogP contribution >= 0.6 is 11.6 Å². The molecule has 1 heterocycles. The van der Waals surface area contributed by atoms with Crippen molar-refractivity contribution in [1.82, 2.24) is 20.3 Å². The maximum Gasteiger partial charge on any atom is 0.251 e. The quantitative estimate of drug-likeness (QED) is 0.680. The molecule has 0 radical (unpaired) electrons. The van der Waals surface area contributed by atoms with Crippen LogP contribution in [0.4, 0.5) is 4.39 Å². The summed E-state index contributed by atoms with van der Waals surface area (Å²) in [6.45, 7) is 0.247. The molecular formula is C19H19ClFN5O. The lowest BCUT2D eigenvalue weighted by Crippen LogP contribution is -2.41. The number of halogens is 2. The summed E-state index contributed by atoms with van der Waals surface area (Å²) >= 11 is 6.04. The van der Waals surface area contributed by atoms with Gasteiger partial charge >= 0.3 is 0 Å². The highest BCUT2D eigenvalue weighted by molar-refractivity contribution is 6.31. The van der Waals surface area contributed by atoms with Gasteiger partial charge in [0.15, 0.2) is 5.15 Å². The first kappa shape index (κ1) is 19.0. The third-order valence-corrected chi connectivity index (χ3v) is 4.45. The topological polar surface area (TPSA) is 85.8 Å². The van der Waals surface area contributed by atoms with Crippen LogP contribution in [0.1, 0.15) is 15.9 Å². The van der Waals surface area contributed by atoms with Gasteiger partial charge in [0.1, 0.15) is 11.5 Å². The monoisotopic (exact) mass is 387 g/mol. The Morgan fingerprint density at radius 1 is 1.30 bits per heavy atom. The molecular weight excluding hydrogens is 369 g/mol. The van der Waals surface area contributed by atoms with E-state index in [4.69, 9.17) is 17.3 Å². The summed E-state index contributed by atoms with van der Waals surface area (Å²) < 4.78 is 14.9. The molecule has 2 aromatic carbocycles. The van der Waals surface area contributed by atoms with Crippen LogP contribution < -0.4 is 11.1 Å². The van der Waals surface area contributed by atoms with Gasteiger partial charge in [0.25, 0.3) is 5.91 Å². The third kappa shape index (κ3) is 4.50. The van der Waals surface area contributed by atoms with Gasteiger partial charge in [0.05, 0.1) is 0 Å². The van der Waals surface area contributed by atoms with E-state index in [1.807, 2.05) is 0 Å². The molecule has 1 amide bonds. The molecule has 3 N–H and O–H groups in total. The number of rotatable bonds is 6. The maximum absolute atomic E-state index is 13.3. The second-order valence-electron chi connectivity index (χ2n) is 6.17. The highest BCUT2D eigenvalue weighted by atomic mass is 35.5. The van der Waals surface area contributed by atoms with Crippen molar-refractivity contribution in [3.8, 4) is 11.3 Å². The first-order valence-electron chi connectivity index (χ1n) is 8.39. The van der Waals surface area contributed by atoms with Crippen molar-refractivity contribution in [2.24, 2.45) is 12.8 Å². The van der Waals surface area contributed by atoms with Crippen LogP contribution in [-0.2, 0) is 13.5 Å². The number of nitrogens with zero attached hydrogens (tertiary/aromatic N) is 3. The molecule has 1 aromatic heterocycles. The standard InChI is InChI=1S/C19H19ClFN5O/c1-26-17(18(20)24-25-26)13-5-7-14(8-6-13)19(27)23-16(11-22)10-12-3-2-4-15(21)9-12/h2-9,16H,10-11,22H2,1H3,(H,23,27)/t16-/m0/s1. The molecule has 0 saturated carbocycles. The Labute approximate surface area is 161 Å². The fraction of sp³-hybridized carbons (Fsp3) is 0.211. The van der Waals surface area contributed by atoms with Crippen molar-refractivity contribution in [1.29, 1.82) is 0 Å². The number of aromatic nitrogens is 3. The Bertz CT molecular complexity index is 922. The van der Waals surface area contributed by atoms with Crippen molar-refractivity contribution in [2.75, 3.05) is 6.54 Å². The first-order valence-corrected chi connectivity index (χ1v) is 8.76. The number of amides is 1. The van der Waals surface area contributed by atoms with Gasteiger partial charge in [-0.1, -0.05) is 41.1 Å². The van der Waals surface area contributed by atoms with Crippen LogP contribution in [0.5, 0.6) is 0 Å². The highest BCUT2D eigenvalue weighted by Crippen LogP contribution is 2.25. The molecule has 8 heteroatoms. The van der Waals surface area contributed by atoms with E-state index in [2.05, 4.69) is 15.6 Å². The second-order valence-corrected chi connectivity index (χ2v) is 6.53. The zero-order chi connectivity index (χ0) is 19.4. The molecule has 0 unspecified atom stereocenters. The Morgan fingerprint density at radius 2 is 2.04 bits per heavy atom. The molecule has 0 aliphatic heterocycles. The van der Waals surface area contributed by atoms with Crippen LogP contribution in [0.25, 0.3) is 11.3 Å². The zero-order valence-corrected chi connectivity index (χ0v) is 15.4. The van der Waals surface area contributed by atoms with Crippen molar-refractivity contribution in [3.63, 3.8) is 0 Å². The number of nitrogens with two attached hydrogens (primary N) is 1. The average molecular weight is 388 g/mol. The number of benzene rings is 2. The fourth-order valence-electron chi connectivity index (χ4n) is 2.83. The number of aryl methyl sites for hydroxylation is 1. The van der Waals surface area contributed by atoms with Gasteiger partial charge in [-0.05, 0) is 36.2 Å². The molecule has 0 spiro atoms. The van der Waals surface area contributed by atoms with Crippen molar-refractivity contribution >= 4 is 17.5 Å². The second kappa shape index (κ2) is 8.28. The lowest BCUT2D eigenvalue weighted by molar-refractivity contribution is 0.0938.